The molecule has 0 radical (unpaired) electrons. The average molecular weight is 380 g/mol. The van der Waals surface area contributed by atoms with Crippen LogP contribution in [0.2, 0.25) is 5.02 Å². The number of methoxy groups -OCH3 is 1. The highest BCUT2D eigenvalue weighted by atomic mass is 35.5. The van der Waals surface area contributed by atoms with Gasteiger partial charge in [0.1, 0.15) is 5.75 Å². The zero-order valence-corrected chi connectivity index (χ0v) is 15.6. The summed E-state index contributed by atoms with van der Waals surface area (Å²) in [6.45, 7) is 3.27. The highest BCUT2D eigenvalue weighted by molar-refractivity contribution is 7.82. The molecule has 0 aliphatic heterocycles. The van der Waals surface area contributed by atoms with E-state index in [0.29, 0.717) is 27.8 Å². The summed E-state index contributed by atoms with van der Waals surface area (Å²) in [5.41, 5.74) is 2.45. The maximum atomic E-state index is 12.4. The molecule has 0 aliphatic carbocycles. The van der Waals surface area contributed by atoms with Gasteiger partial charge in [-0.15, -0.1) is 0 Å². The molecule has 0 atom stereocenters. The van der Waals surface area contributed by atoms with E-state index < -0.39 is 6.03 Å². The molecule has 25 heavy (non-hydrogen) atoms. The van der Waals surface area contributed by atoms with Gasteiger partial charge in [0, 0.05) is 17.6 Å². The van der Waals surface area contributed by atoms with Crippen LogP contribution in [0.1, 0.15) is 12.5 Å². The Morgan fingerprint density at radius 3 is 2.36 bits per heavy atom. The minimum atomic E-state index is -0.478. The number of anilines is 3. The van der Waals surface area contributed by atoms with Gasteiger partial charge in [0.05, 0.1) is 18.5 Å². The van der Waals surface area contributed by atoms with Gasteiger partial charge in [-0.25, -0.2) is 9.10 Å². The predicted molar refractivity (Wildman–Crippen MR) is 104 cm³/mol. The molecule has 132 valence electrons. The first-order valence-electron chi connectivity index (χ1n) is 7.33. The van der Waals surface area contributed by atoms with Crippen LogP contribution in [0, 0.1) is 6.92 Å². The fourth-order valence-electron chi connectivity index (χ4n) is 2.10. The molecule has 2 N–H and O–H groups in total. The molecule has 6 nitrogen and oxygen atoms in total. The third kappa shape index (κ3) is 4.80. The van der Waals surface area contributed by atoms with E-state index >= 15 is 0 Å². The fourth-order valence-corrected chi connectivity index (χ4v) is 2.44. The lowest BCUT2D eigenvalue weighted by Crippen LogP contribution is -2.27. The number of benzene rings is 2. The Hall–Kier alpha value is -2.38. The Balaban J connectivity index is 2.15. The first kappa shape index (κ1) is 19.0. The van der Waals surface area contributed by atoms with E-state index in [0.717, 1.165) is 9.87 Å². The maximum absolute atomic E-state index is 12.4. The van der Waals surface area contributed by atoms with Gasteiger partial charge in [0.25, 0.3) is 0 Å². The number of nitrogens with one attached hydrogen (secondary N) is 2. The number of urea groups is 1. The van der Waals surface area contributed by atoms with E-state index in [2.05, 4.69) is 23.4 Å². The quantitative estimate of drug-likeness (QED) is 0.685. The number of thiol groups is 1. The van der Waals surface area contributed by atoms with Crippen molar-refractivity contribution >= 4 is 53.4 Å². The molecule has 0 saturated carbocycles. The second-order valence-electron chi connectivity index (χ2n) is 5.27. The average Bonchev–Trinajstić information content (AvgIpc) is 2.57. The Labute approximate surface area is 156 Å². The predicted octanol–water partition coefficient (Wildman–Crippen LogP) is 4.50. The van der Waals surface area contributed by atoms with Gasteiger partial charge in [-0.3, -0.25) is 4.79 Å². The summed E-state index contributed by atoms with van der Waals surface area (Å²) in [6.07, 6.45) is 0. The minimum absolute atomic E-state index is 0.170. The standard InChI is InChI=1S/C17H18ClN3O3S/c1-10-8-16(24-3)15(9-14(10)18)20-17(23)21(25)13-6-4-12(5-7-13)19-11(2)22/h4-9,25H,1-3H3,(H,19,22)(H,20,23). The third-order valence-electron chi connectivity index (χ3n) is 3.35. The van der Waals surface area contributed by atoms with Crippen LogP contribution < -0.4 is 19.7 Å². The molecule has 2 aromatic rings. The number of hydrogen-bond donors (Lipinski definition) is 3. The Morgan fingerprint density at radius 1 is 1.16 bits per heavy atom. The fraction of sp³-hybridized carbons (Fsp3) is 0.176. The van der Waals surface area contributed by atoms with Crippen molar-refractivity contribution in [2.45, 2.75) is 13.8 Å². The Morgan fingerprint density at radius 2 is 1.80 bits per heavy atom. The van der Waals surface area contributed by atoms with E-state index in [1.54, 1.807) is 36.4 Å². The smallest absolute Gasteiger partial charge is 0.336 e. The number of carbonyl (C=O) groups excluding carboxylic acids is 2. The van der Waals surface area contributed by atoms with Crippen LogP contribution in [0.15, 0.2) is 36.4 Å². The van der Waals surface area contributed by atoms with E-state index in [-0.39, 0.29) is 5.91 Å². The van der Waals surface area contributed by atoms with Crippen molar-refractivity contribution in [3.63, 3.8) is 0 Å². The molecule has 2 rings (SSSR count). The molecule has 8 heteroatoms. The molecule has 0 saturated heterocycles. The molecule has 0 aromatic heterocycles. The van der Waals surface area contributed by atoms with Gasteiger partial charge in [-0.05, 0) is 48.9 Å². The zero-order chi connectivity index (χ0) is 18.6. The summed E-state index contributed by atoms with van der Waals surface area (Å²) in [6, 6.07) is 9.56. The largest absolute Gasteiger partial charge is 0.495 e. The van der Waals surface area contributed by atoms with Crippen LogP contribution in [0.3, 0.4) is 0 Å². The Bertz CT molecular complexity index is 796. The summed E-state index contributed by atoms with van der Waals surface area (Å²) < 4.78 is 6.41. The Kier molecular flexibility index (Phi) is 6.17. The molecule has 0 fully saturated rings. The molecule has 0 aliphatic rings. The van der Waals surface area contributed by atoms with Crippen molar-refractivity contribution in [3.05, 3.63) is 47.0 Å². The molecule has 2 aromatic carbocycles. The van der Waals surface area contributed by atoms with Crippen LogP contribution in [-0.2, 0) is 4.79 Å². The van der Waals surface area contributed by atoms with Gasteiger partial charge >= 0.3 is 6.03 Å². The van der Waals surface area contributed by atoms with Crippen molar-refractivity contribution in [1.29, 1.82) is 0 Å². The summed E-state index contributed by atoms with van der Waals surface area (Å²) in [4.78, 5) is 23.4. The number of amides is 3. The van der Waals surface area contributed by atoms with Crippen molar-refractivity contribution in [1.82, 2.24) is 0 Å². The topological polar surface area (TPSA) is 70.7 Å². The first-order valence-corrected chi connectivity index (χ1v) is 8.11. The lowest BCUT2D eigenvalue weighted by molar-refractivity contribution is -0.114. The highest BCUT2D eigenvalue weighted by Crippen LogP contribution is 2.31. The molecular formula is C17H18ClN3O3S. The number of aryl methyl sites for hydroxylation is 1. The van der Waals surface area contributed by atoms with E-state index in [1.165, 1.54) is 14.0 Å². The highest BCUT2D eigenvalue weighted by Gasteiger charge is 2.16. The van der Waals surface area contributed by atoms with Crippen LogP contribution in [0.5, 0.6) is 5.75 Å². The molecule has 0 spiro atoms. The van der Waals surface area contributed by atoms with Crippen LogP contribution in [0.25, 0.3) is 0 Å². The molecule has 3 amide bonds. The van der Waals surface area contributed by atoms with Crippen molar-refractivity contribution in [2.75, 3.05) is 22.0 Å². The van der Waals surface area contributed by atoms with Crippen molar-refractivity contribution in [3.8, 4) is 5.75 Å². The zero-order valence-electron chi connectivity index (χ0n) is 14.0. The summed E-state index contributed by atoms with van der Waals surface area (Å²) in [7, 11) is 1.51. The minimum Gasteiger partial charge on any atom is -0.495 e. The second kappa shape index (κ2) is 8.13. The van der Waals surface area contributed by atoms with Crippen molar-refractivity contribution in [2.24, 2.45) is 0 Å². The van der Waals surface area contributed by atoms with E-state index in [1.807, 2.05) is 6.92 Å². The summed E-state index contributed by atoms with van der Waals surface area (Å²) in [5.74, 6) is 0.328. The maximum Gasteiger partial charge on any atom is 0.336 e. The van der Waals surface area contributed by atoms with Crippen LogP contribution >= 0.6 is 24.4 Å². The molecular weight excluding hydrogens is 362 g/mol. The second-order valence-corrected chi connectivity index (χ2v) is 6.08. The van der Waals surface area contributed by atoms with Gasteiger partial charge in [0.15, 0.2) is 0 Å². The first-order chi connectivity index (χ1) is 11.8. The number of hydrogen-bond acceptors (Lipinski definition) is 4. The van der Waals surface area contributed by atoms with Crippen LogP contribution in [-0.4, -0.2) is 19.0 Å². The molecule has 0 bridgehead atoms. The number of carbonyl (C=O) groups is 2. The molecule has 0 unspecified atom stereocenters. The number of ether oxygens (including phenoxy) is 1. The van der Waals surface area contributed by atoms with E-state index in [4.69, 9.17) is 16.3 Å². The van der Waals surface area contributed by atoms with Crippen molar-refractivity contribution < 1.29 is 14.3 Å². The van der Waals surface area contributed by atoms with Gasteiger partial charge in [0.2, 0.25) is 5.91 Å². The van der Waals surface area contributed by atoms with Gasteiger partial charge in [-0.1, -0.05) is 24.4 Å². The van der Waals surface area contributed by atoms with Crippen LogP contribution in [0.4, 0.5) is 21.9 Å². The third-order valence-corrected chi connectivity index (χ3v) is 4.17. The van der Waals surface area contributed by atoms with Gasteiger partial charge < -0.3 is 15.4 Å². The number of nitrogens with zero attached hydrogens (tertiary/aromatic N) is 1. The molecule has 0 heterocycles. The van der Waals surface area contributed by atoms with E-state index in [9.17, 15) is 9.59 Å². The monoisotopic (exact) mass is 379 g/mol. The summed E-state index contributed by atoms with van der Waals surface area (Å²) in [5, 5.41) is 5.87. The van der Waals surface area contributed by atoms with Gasteiger partial charge in [-0.2, -0.15) is 0 Å². The lowest BCUT2D eigenvalue weighted by atomic mass is 10.2. The number of halogens is 1. The summed E-state index contributed by atoms with van der Waals surface area (Å²) >= 11 is 10.3. The lowest BCUT2D eigenvalue weighted by Gasteiger charge is -2.18. The number of rotatable bonds is 4. The SMILES string of the molecule is COc1cc(C)c(Cl)cc1NC(=O)N(S)c1ccc(NC(C)=O)cc1. The normalized spacial score (nSPS) is 10.1.